The molecule has 0 aromatic heterocycles. The van der Waals surface area contributed by atoms with Gasteiger partial charge in [-0.05, 0) is 42.5 Å². The third-order valence-corrected chi connectivity index (χ3v) is 3.68. The second kappa shape index (κ2) is 5.79. The van der Waals surface area contributed by atoms with E-state index in [1.807, 2.05) is 24.3 Å². The van der Waals surface area contributed by atoms with Gasteiger partial charge in [-0.25, -0.2) is 0 Å². The van der Waals surface area contributed by atoms with Gasteiger partial charge in [0.2, 0.25) is 6.79 Å². The van der Waals surface area contributed by atoms with Crippen LogP contribution in [-0.4, -0.2) is 35.6 Å². The number of nitrogens with zero attached hydrogens (tertiary/aromatic N) is 1. The highest BCUT2D eigenvalue weighted by atomic mass is 32.2. The van der Waals surface area contributed by atoms with Gasteiger partial charge in [-0.1, -0.05) is 6.07 Å². The molecule has 0 aliphatic carbocycles. The zero-order valence-corrected chi connectivity index (χ0v) is 12.1. The van der Waals surface area contributed by atoms with Gasteiger partial charge in [0.15, 0.2) is 11.5 Å². The predicted molar refractivity (Wildman–Crippen MR) is 80.6 cm³/mol. The van der Waals surface area contributed by atoms with Crippen LogP contribution in [0.15, 0.2) is 28.1 Å². The topological polar surface area (TPSA) is 80.2 Å². The van der Waals surface area contributed by atoms with Gasteiger partial charge in [-0.15, -0.1) is 0 Å². The molecule has 0 bridgehead atoms. The highest BCUT2D eigenvalue weighted by Gasteiger charge is 2.23. The van der Waals surface area contributed by atoms with E-state index in [1.165, 1.54) is 0 Å². The van der Waals surface area contributed by atoms with Crippen molar-refractivity contribution in [3.05, 3.63) is 28.7 Å². The van der Waals surface area contributed by atoms with E-state index >= 15 is 0 Å². The van der Waals surface area contributed by atoms with Gasteiger partial charge in [-0.2, -0.15) is 0 Å². The second-order valence-corrected chi connectivity index (χ2v) is 5.69. The summed E-state index contributed by atoms with van der Waals surface area (Å²) in [5.74, 6) is 1.89. The Balaban J connectivity index is 1.86. The number of aliphatic hydroxyl groups is 1. The van der Waals surface area contributed by atoms with Crippen molar-refractivity contribution in [1.82, 2.24) is 5.32 Å². The molecule has 1 unspecified atom stereocenters. The molecule has 1 aromatic rings. The Bertz CT molecular complexity index is 640. The molecule has 1 saturated heterocycles. The molecule has 2 aliphatic rings. The molecule has 1 atom stereocenters. The number of rotatable bonds is 3. The van der Waals surface area contributed by atoms with Crippen LogP contribution in [0.2, 0.25) is 0 Å². The molecule has 2 heterocycles. The van der Waals surface area contributed by atoms with Crippen LogP contribution in [0.4, 0.5) is 4.79 Å². The van der Waals surface area contributed by atoms with Crippen molar-refractivity contribution in [3.8, 4) is 11.5 Å². The van der Waals surface area contributed by atoms with E-state index in [9.17, 15) is 9.90 Å². The fraction of sp³-hybridized carbons (Fsp3) is 0.286. The molecule has 1 fully saturated rings. The van der Waals surface area contributed by atoms with Crippen LogP contribution in [0.25, 0.3) is 6.08 Å². The number of hydrogen-bond donors (Lipinski definition) is 2. The van der Waals surface area contributed by atoms with E-state index < -0.39 is 6.10 Å². The van der Waals surface area contributed by atoms with Gasteiger partial charge in [0.05, 0.1) is 17.6 Å². The van der Waals surface area contributed by atoms with Crippen LogP contribution in [-0.2, 0) is 0 Å². The Morgan fingerprint density at radius 3 is 3.10 bits per heavy atom. The average molecular weight is 306 g/mol. The van der Waals surface area contributed by atoms with Crippen LogP contribution >= 0.6 is 11.8 Å². The first-order valence-corrected chi connectivity index (χ1v) is 7.26. The van der Waals surface area contributed by atoms with E-state index in [-0.39, 0.29) is 18.6 Å². The van der Waals surface area contributed by atoms with Gasteiger partial charge in [-0.3, -0.25) is 9.79 Å². The number of amidine groups is 1. The summed E-state index contributed by atoms with van der Waals surface area (Å²) >= 11 is 1.08. The lowest BCUT2D eigenvalue weighted by Gasteiger charge is -2.02. The number of hydrogen-bond acceptors (Lipinski definition) is 6. The zero-order chi connectivity index (χ0) is 14.8. The summed E-state index contributed by atoms with van der Waals surface area (Å²) < 4.78 is 10.6. The Morgan fingerprint density at radius 2 is 2.29 bits per heavy atom. The quantitative estimate of drug-likeness (QED) is 0.892. The summed E-state index contributed by atoms with van der Waals surface area (Å²) in [4.78, 5) is 16.4. The number of aliphatic hydroxyl groups excluding tert-OH is 1. The van der Waals surface area contributed by atoms with Crippen LogP contribution in [0.1, 0.15) is 12.5 Å². The van der Waals surface area contributed by atoms with Gasteiger partial charge in [0.1, 0.15) is 5.84 Å². The highest BCUT2D eigenvalue weighted by molar-refractivity contribution is 8.18. The zero-order valence-electron chi connectivity index (χ0n) is 11.3. The molecular weight excluding hydrogens is 292 g/mol. The third-order valence-electron chi connectivity index (χ3n) is 2.86. The van der Waals surface area contributed by atoms with Crippen LogP contribution in [0.3, 0.4) is 0 Å². The maximum Gasteiger partial charge on any atom is 0.289 e. The molecule has 2 N–H and O–H groups in total. The minimum Gasteiger partial charge on any atom is -0.454 e. The molecule has 1 amide bonds. The van der Waals surface area contributed by atoms with Crippen molar-refractivity contribution >= 4 is 28.9 Å². The number of carbonyl (C=O) groups is 1. The maximum atomic E-state index is 11.5. The van der Waals surface area contributed by atoms with Gasteiger partial charge < -0.3 is 19.9 Å². The molecule has 0 saturated carbocycles. The number of benzene rings is 1. The first-order chi connectivity index (χ1) is 10.1. The molecule has 6 nitrogen and oxygen atoms in total. The van der Waals surface area contributed by atoms with E-state index in [2.05, 4.69) is 10.3 Å². The monoisotopic (exact) mass is 306 g/mol. The Kier molecular flexibility index (Phi) is 3.85. The fourth-order valence-corrected chi connectivity index (χ4v) is 2.68. The molecule has 21 heavy (non-hydrogen) atoms. The van der Waals surface area contributed by atoms with Crippen LogP contribution in [0, 0.1) is 0 Å². The lowest BCUT2D eigenvalue weighted by atomic mass is 10.2. The standard InChI is InChI=1S/C14H14N2O4S/c1-8(17)6-15-13-12(21-14(18)16-13)5-9-2-3-10-11(4-9)20-7-19-10/h2-5,8,17H,6-7H2,1H3,(H,15,16,18)/b12-5-. The van der Waals surface area contributed by atoms with Crippen LogP contribution < -0.4 is 14.8 Å². The van der Waals surface area contributed by atoms with Crippen molar-refractivity contribution in [3.63, 3.8) is 0 Å². The van der Waals surface area contributed by atoms with Crippen molar-refractivity contribution < 1.29 is 19.4 Å². The minimum absolute atomic E-state index is 0.175. The summed E-state index contributed by atoms with van der Waals surface area (Å²) in [6.07, 6.45) is 1.30. The predicted octanol–water partition coefficient (Wildman–Crippen LogP) is 1.99. The molecule has 0 radical (unpaired) electrons. The fourth-order valence-electron chi connectivity index (χ4n) is 1.92. The number of amides is 1. The van der Waals surface area contributed by atoms with Crippen molar-refractivity contribution in [2.45, 2.75) is 13.0 Å². The molecule has 2 aliphatic heterocycles. The second-order valence-electron chi connectivity index (χ2n) is 4.67. The minimum atomic E-state index is -0.549. The SMILES string of the molecule is CC(O)CN=C1NC(=O)S/C1=C\c1ccc2c(c1)OCO2. The van der Waals surface area contributed by atoms with Crippen molar-refractivity contribution in [2.75, 3.05) is 13.3 Å². The van der Waals surface area contributed by atoms with E-state index in [1.54, 1.807) is 6.92 Å². The number of ether oxygens (including phenoxy) is 2. The Hall–Kier alpha value is -1.99. The molecule has 0 spiro atoms. The van der Waals surface area contributed by atoms with Gasteiger partial charge in [0, 0.05) is 0 Å². The van der Waals surface area contributed by atoms with Gasteiger partial charge in [0.25, 0.3) is 5.24 Å². The number of nitrogens with one attached hydrogen (secondary N) is 1. The number of carbonyl (C=O) groups excluding carboxylic acids is 1. The van der Waals surface area contributed by atoms with E-state index in [4.69, 9.17) is 9.47 Å². The van der Waals surface area contributed by atoms with E-state index in [0.717, 1.165) is 22.2 Å². The average Bonchev–Trinajstić information content (AvgIpc) is 3.02. The summed E-state index contributed by atoms with van der Waals surface area (Å²) in [5.41, 5.74) is 0.892. The van der Waals surface area contributed by atoms with Crippen LogP contribution in [0.5, 0.6) is 11.5 Å². The molecule has 1 aromatic carbocycles. The summed E-state index contributed by atoms with van der Waals surface area (Å²) in [6.45, 7) is 2.12. The summed E-state index contributed by atoms with van der Waals surface area (Å²) in [5, 5.41) is 11.8. The molecule has 3 rings (SSSR count). The lowest BCUT2D eigenvalue weighted by Crippen LogP contribution is -2.20. The Labute approximate surface area is 125 Å². The first-order valence-electron chi connectivity index (χ1n) is 6.45. The molecular formula is C14H14N2O4S. The number of thioether (sulfide) groups is 1. The lowest BCUT2D eigenvalue weighted by molar-refractivity contribution is 0.174. The molecule has 7 heteroatoms. The van der Waals surface area contributed by atoms with Crippen molar-refractivity contribution in [1.29, 1.82) is 0 Å². The van der Waals surface area contributed by atoms with Crippen molar-refractivity contribution in [2.24, 2.45) is 4.99 Å². The van der Waals surface area contributed by atoms with E-state index in [0.29, 0.717) is 17.3 Å². The third kappa shape index (κ3) is 3.20. The maximum absolute atomic E-state index is 11.5. The largest absolute Gasteiger partial charge is 0.454 e. The number of fused-ring (bicyclic) bond motifs is 1. The molecule has 110 valence electrons. The summed E-state index contributed by atoms with van der Waals surface area (Å²) in [6, 6.07) is 5.57. The Morgan fingerprint density at radius 1 is 1.48 bits per heavy atom. The summed E-state index contributed by atoms with van der Waals surface area (Å²) in [7, 11) is 0. The first kappa shape index (κ1) is 14.0. The number of aliphatic imine (C=N–C) groups is 1. The normalized spacial score (nSPS) is 21.9. The highest BCUT2D eigenvalue weighted by Crippen LogP contribution is 2.34. The van der Waals surface area contributed by atoms with Gasteiger partial charge >= 0.3 is 0 Å². The smallest absolute Gasteiger partial charge is 0.289 e.